The van der Waals surface area contributed by atoms with Gasteiger partial charge in [0.15, 0.2) is 0 Å². The highest BCUT2D eigenvalue weighted by molar-refractivity contribution is 5.94. The first-order valence-electron chi connectivity index (χ1n) is 28.7. The molecule has 11 aliphatic carbocycles. The molecule has 3 atom stereocenters. The van der Waals surface area contributed by atoms with E-state index in [0.29, 0.717) is 11.3 Å². The summed E-state index contributed by atoms with van der Waals surface area (Å²) in [5.74, 6) is 5.31. The summed E-state index contributed by atoms with van der Waals surface area (Å²) in [5.41, 5.74) is 24.7. The number of fused-ring (bicyclic) bond motifs is 5. The molecule has 2 nitrogen and oxygen atoms in total. The predicted molar refractivity (Wildman–Crippen MR) is 308 cm³/mol. The lowest BCUT2D eigenvalue weighted by Gasteiger charge is -2.57. The van der Waals surface area contributed by atoms with Crippen LogP contribution in [0.1, 0.15) is 128 Å². The zero-order valence-corrected chi connectivity index (χ0v) is 43.6. The van der Waals surface area contributed by atoms with Gasteiger partial charge in [-0.05, 0) is 252 Å². The molecule has 0 aliphatic heterocycles. The van der Waals surface area contributed by atoms with E-state index in [-0.39, 0.29) is 5.41 Å². The highest BCUT2D eigenvalue weighted by Crippen LogP contribution is 2.61. The van der Waals surface area contributed by atoms with Crippen LogP contribution in [0.15, 0.2) is 182 Å². The number of nitrogens with zero attached hydrogens (tertiary/aromatic N) is 2. The minimum atomic E-state index is -0.155. The van der Waals surface area contributed by atoms with Crippen molar-refractivity contribution in [1.29, 1.82) is 0 Å². The largest absolute Gasteiger partial charge is 0.310 e. The molecule has 11 aliphatic rings. The van der Waals surface area contributed by atoms with E-state index in [2.05, 4.69) is 206 Å². The molecular weight excluding hydrogens is 893 g/mol. The van der Waals surface area contributed by atoms with Gasteiger partial charge in [0, 0.05) is 39.5 Å². The first kappa shape index (κ1) is 44.8. The first-order chi connectivity index (χ1) is 36.3. The SMILES string of the molecule is CC1(C)c2cc(N(c3ccc(C4CC5CCC4C5)cc3)c3cc4ccc3CCc3ccc(c(N(c5ccccc5)c5ccc(C67CC8CC(CC(C8)C6)C7)cc5)c3)CC4)ccc2-c2c(-c3ccccc3)cccc21. The molecular formula is C72H70N2. The van der Waals surface area contributed by atoms with Gasteiger partial charge in [-0.25, -0.2) is 0 Å². The van der Waals surface area contributed by atoms with Crippen LogP contribution in [0, 0.1) is 29.6 Å². The summed E-state index contributed by atoms with van der Waals surface area (Å²) in [7, 11) is 0. The van der Waals surface area contributed by atoms with Crippen molar-refractivity contribution in [1.82, 2.24) is 0 Å². The maximum absolute atomic E-state index is 2.63. The molecule has 0 N–H and O–H groups in total. The van der Waals surface area contributed by atoms with E-state index < -0.39 is 0 Å². The normalized spacial score (nSPS) is 25.4. The summed E-state index contributed by atoms with van der Waals surface area (Å²) in [4.78, 5) is 5.20. The number of hydrogen-bond acceptors (Lipinski definition) is 2. The Hall–Kier alpha value is -6.64. The zero-order chi connectivity index (χ0) is 49.1. The van der Waals surface area contributed by atoms with Crippen molar-refractivity contribution in [2.45, 2.75) is 120 Å². The zero-order valence-electron chi connectivity index (χ0n) is 43.6. The van der Waals surface area contributed by atoms with E-state index in [1.165, 1.54) is 160 Å². The lowest BCUT2D eigenvalue weighted by atomic mass is 9.48. The van der Waals surface area contributed by atoms with Crippen LogP contribution < -0.4 is 9.80 Å². The first-order valence-corrected chi connectivity index (χ1v) is 28.7. The van der Waals surface area contributed by atoms with Crippen LogP contribution in [0.25, 0.3) is 22.3 Å². The second-order valence-electron chi connectivity index (χ2n) is 25.0. The highest BCUT2D eigenvalue weighted by Gasteiger charge is 2.51. The van der Waals surface area contributed by atoms with Crippen molar-refractivity contribution >= 4 is 34.1 Å². The molecule has 368 valence electrons. The van der Waals surface area contributed by atoms with Gasteiger partial charge >= 0.3 is 0 Å². The van der Waals surface area contributed by atoms with Gasteiger partial charge in [-0.2, -0.15) is 0 Å². The Labute approximate surface area is 440 Å². The van der Waals surface area contributed by atoms with Gasteiger partial charge in [-0.15, -0.1) is 0 Å². The van der Waals surface area contributed by atoms with Crippen LogP contribution in [0.2, 0.25) is 0 Å². The standard InChI is InChI=1S/C72H70N2/c1-71(2)66-15-9-14-63(53-10-5-3-6-11-53)70(66)64-35-34-62(43-67(64)71)74(60-30-26-54(27-31-60)65-40-49-20-25-57(65)39-49)69-42-48-17-22-55-21-16-47(18-23-56(69)24-19-48)41-68(55)73(59-12-7-4-8-13-59)61-32-28-58(29-33-61)72-44-50-36-51(45-72)38-52(37-50)46-72/h3-16,19,21,24,26-35,41-43,49-52,57,65H,17-18,20,22-23,25,36-40,44-46H2,1-2H3. The molecule has 10 bridgehead atoms. The maximum atomic E-state index is 2.63. The highest BCUT2D eigenvalue weighted by atomic mass is 15.2. The lowest BCUT2D eigenvalue weighted by Crippen LogP contribution is -2.48. The van der Waals surface area contributed by atoms with E-state index in [0.717, 1.165) is 55.3 Å². The minimum Gasteiger partial charge on any atom is -0.310 e. The summed E-state index contributed by atoms with van der Waals surface area (Å²) in [6.07, 6.45) is 18.1. The van der Waals surface area contributed by atoms with Crippen LogP contribution >= 0.6 is 0 Å². The van der Waals surface area contributed by atoms with E-state index >= 15 is 0 Å². The average Bonchev–Trinajstić information content (AvgIpc) is 4.13. The van der Waals surface area contributed by atoms with Gasteiger partial charge in [0.2, 0.25) is 0 Å². The summed E-state index contributed by atoms with van der Waals surface area (Å²) in [5, 5.41) is 0. The van der Waals surface area contributed by atoms with Crippen molar-refractivity contribution in [3.63, 3.8) is 0 Å². The number of anilines is 6. The number of rotatable bonds is 9. The summed E-state index contributed by atoms with van der Waals surface area (Å²) >= 11 is 0. The summed E-state index contributed by atoms with van der Waals surface area (Å²) < 4.78 is 0. The number of benzene rings is 8. The Morgan fingerprint density at radius 3 is 1.61 bits per heavy atom. The number of hydrogen-bond donors (Lipinski definition) is 0. The second-order valence-corrected chi connectivity index (χ2v) is 25.0. The number of para-hydroxylation sites is 1. The Morgan fingerprint density at radius 2 is 1.00 bits per heavy atom. The summed E-state index contributed by atoms with van der Waals surface area (Å²) in [6, 6.07) is 71.3. The molecule has 8 aromatic carbocycles. The van der Waals surface area contributed by atoms with Crippen LogP contribution in [0.3, 0.4) is 0 Å². The molecule has 6 saturated carbocycles. The maximum Gasteiger partial charge on any atom is 0.0496 e. The van der Waals surface area contributed by atoms with Crippen molar-refractivity contribution in [3.05, 3.63) is 226 Å². The Morgan fingerprint density at radius 1 is 0.419 bits per heavy atom. The van der Waals surface area contributed by atoms with Gasteiger partial charge in [-0.1, -0.05) is 142 Å². The van der Waals surface area contributed by atoms with E-state index in [1.54, 1.807) is 5.56 Å². The molecule has 19 rings (SSSR count). The fourth-order valence-corrected chi connectivity index (χ4v) is 17.1. The molecule has 0 saturated heterocycles. The fraction of sp³-hybridized carbons (Fsp3) is 0.333. The van der Waals surface area contributed by atoms with Crippen molar-refractivity contribution in [3.8, 4) is 22.3 Å². The van der Waals surface area contributed by atoms with Crippen LogP contribution in [0.5, 0.6) is 0 Å². The van der Waals surface area contributed by atoms with Crippen LogP contribution in [0.4, 0.5) is 34.1 Å². The quantitative estimate of drug-likeness (QED) is 0.142. The van der Waals surface area contributed by atoms with Gasteiger partial charge in [0.05, 0.1) is 0 Å². The molecule has 8 aromatic rings. The third kappa shape index (κ3) is 7.47. The molecule has 0 aromatic heterocycles. The lowest BCUT2D eigenvalue weighted by molar-refractivity contribution is -0.00518. The predicted octanol–water partition coefficient (Wildman–Crippen LogP) is 18.9. The molecule has 0 amide bonds. The smallest absolute Gasteiger partial charge is 0.0496 e. The average molecular weight is 963 g/mol. The van der Waals surface area contributed by atoms with Crippen LogP contribution in [-0.4, -0.2) is 0 Å². The van der Waals surface area contributed by atoms with Gasteiger partial charge in [0.25, 0.3) is 0 Å². The molecule has 2 heteroatoms. The topological polar surface area (TPSA) is 6.48 Å². The Kier molecular flexibility index (Phi) is 10.6. The third-order valence-electron chi connectivity index (χ3n) is 20.3. The summed E-state index contributed by atoms with van der Waals surface area (Å²) in [6.45, 7) is 4.87. The van der Waals surface area contributed by atoms with Gasteiger partial charge < -0.3 is 9.80 Å². The van der Waals surface area contributed by atoms with Gasteiger partial charge in [-0.3, -0.25) is 0 Å². The van der Waals surface area contributed by atoms with Crippen molar-refractivity contribution in [2.75, 3.05) is 9.80 Å². The van der Waals surface area contributed by atoms with E-state index in [4.69, 9.17) is 0 Å². The monoisotopic (exact) mass is 963 g/mol. The van der Waals surface area contributed by atoms with Crippen molar-refractivity contribution in [2.24, 2.45) is 29.6 Å². The van der Waals surface area contributed by atoms with Gasteiger partial charge in [0.1, 0.15) is 0 Å². The molecule has 3 unspecified atom stereocenters. The molecule has 74 heavy (non-hydrogen) atoms. The third-order valence-corrected chi connectivity index (χ3v) is 20.3. The number of aryl methyl sites for hydroxylation is 4. The Bertz CT molecular complexity index is 3380. The van der Waals surface area contributed by atoms with Crippen molar-refractivity contribution < 1.29 is 0 Å². The minimum absolute atomic E-state index is 0.155. The molecule has 0 heterocycles. The second kappa shape index (κ2) is 17.5. The molecule has 6 fully saturated rings. The Balaban J connectivity index is 0.803. The van der Waals surface area contributed by atoms with Crippen LogP contribution in [-0.2, 0) is 36.5 Å². The van der Waals surface area contributed by atoms with E-state index in [1.807, 2.05) is 0 Å². The van der Waals surface area contributed by atoms with E-state index in [9.17, 15) is 0 Å². The molecule has 0 spiro atoms. The molecule has 0 radical (unpaired) electrons. The fourth-order valence-electron chi connectivity index (χ4n) is 17.1.